The number of anilines is 1. The number of alkyl halides is 2. The zero-order chi connectivity index (χ0) is 21.2. The van der Waals surface area contributed by atoms with E-state index in [4.69, 9.17) is 0 Å². The van der Waals surface area contributed by atoms with Crippen LogP contribution >= 0.6 is 11.3 Å². The number of thiazole rings is 1. The second kappa shape index (κ2) is 10.1. The summed E-state index contributed by atoms with van der Waals surface area (Å²) in [4.78, 5) is 27.7. The number of phenolic OH excluding ortho intramolecular Hbond substituents is 1. The average molecular weight is 462 g/mol. The van der Waals surface area contributed by atoms with Crippen LogP contribution < -0.4 is 5.32 Å². The number of amides is 1. The monoisotopic (exact) mass is 461 g/mol. The molecule has 154 valence electrons. The van der Waals surface area contributed by atoms with Gasteiger partial charge in [-0.3, -0.25) is 4.79 Å². The molecule has 0 aliphatic rings. The summed E-state index contributed by atoms with van der Waals surface area (Å²) in [5.41, 5.74) is 0.209. The molecule has 0 spiro atoms. The van der Waals surface area contributed by atoms with Crippen molar-refractivity contribution in [1.29, 1.82) is 0 Å². The van der Waals surface area contributed by atoms with Crippen LogP contribution in [-0.2, 0) is 17.8 Å². The van der Waals surface area contributed by atoms with Gasteiger partial charge < -0.3 is 20.1 Å². The summed E-state index contributed by atoms with van der Waals surface area (Å²) in [6.07, 6.45) is 2.96. The van der Waals surface area contributed by atoms with Crippen LogP contribution in [0.25, 0.3) is 10.6 Å². The molecule has 3 N–H and O–H groups in total. The van der Waals surface area contributed by atoms with Gasteiger partial charge in [0.2, 0.25) is 0 Å². The number of aromatic carboxylic acids is 1. The Kier molecular flexibility index (Phi) is 8.31. The molecule has 2 heterocycles. The Hall–Kier alpha value is -1.63. The van der Waals surface area contributed by atoms with Gasteiger partial charge in [0.05, 0.1) is 12.1 Å². The zero-order valence-electron chi connectivity index (χ0n) is 15.2. The first kappa shape index (κ1) is 24.6. The molecule has 2 aromatic heterocycles. The Morgan fingerprint density at radius 2 is 1.90 bits per heavy atom. The molecule has 0 saturated heterocycles. The van der Waals surface area contributed by atoms with Crippen molar-refractivity contribution >= 4 is 80.3 Å². The van der Waals surface area contributed by atoms with Gasteiger partial charge in [0.15, 0.2) is 0 Å². The fraction of sp³-hybridized carbons (Fsp3) is 0.211. The minimum absolute atomic E-state index is 0. The molecule has 0 radical (unpaired) electrons. The summed E-state index contributed by atoms with van der Waals surface area (Å²) in [5.74, 6) is -6.60. The third kappa shape index (κ3) is 5.74. The average Bonchev–Trinajstić information content (AvgIpc) is 3.29. The third-order valence-corrected chi connectivity index (χ3v) is 5.17. The molecule has 7 nitrogen and oxygen atoms in total. The summed E-state index contributed by atoms with van der Waals surface area (Å²) in [6, 6.07) is 6.13. The number of carbonyl (C=O) groups excluding carboxylic acids is 1. The van der Waals surface area contributed by atoms with Crippen LogP contribution in [0.15, 0.2) is 42.9 Å². The number of aromatic hydroxyl groups is 1. The Morgan fingerprint density at radius 3 is 2.50 bits per heavy atom. The summed E-state index contributed by atoms with van der Waals surface area (Å²) >= 11 is 1.01. The molecule has 3 rings (SSSR count). The second-order valence-electron chi connectivity index (χ2n) is 6.24. The van der Waals surface area contributed by atoms with Crippen molar-refractivity contribution in [3.05, 3.63) is 53.3 Å². The van der Waals surface area contributed by atoms with Gasteiger partial charge in [-0.15, -0.1) is 11.3 Å². The number of rotatable bonds is 7. The van der Waals surface area contributed by atoms with Crippen molar-refractivity contribution < 1.29 is 28.6 Å². The molecule has 0 saturated carbocycles. The number of benzene rings is 1. The number of carboxylic acids is 1. The number of carbonyl (C=O) groups is 2. The predicted octanol–water partition coefficient (Wildman–Crippen LogP) is 3.20. The molecule has 1 amide bonds. The molecule has 11 heteroatoms. The molecule has 0 unspecified atom stereocenters. The van der Waals surface area contributed by atoms with Gasteiger partial charge in [0, 0.05) is 35.6 Å². The number of aryl methyl sites for hydroxylation is 1. The van der Waals surface area contributed by atoms with E-state index in [1.54, 1.807) is 19.1 Å². The molecule has 3 aromatic rings. The Bertz CT molecular complexity index is 1050. The molecule has 0 aliphatic heterocycles. The number of carboxylic acid groups (broad SMARTS) is 1. The summed E-state index contributed by atoms with van der Waals surface area (Å²) in [7, 11) is 0. The molecular formula is C19H18F2KN3O4S. The van der Waals surface area contributed by atoms with Crippen molar-refractivity contribution in [3.8, 4) is 16.3 Å². The van der Waals surface area contributed by atoms with E-state index in [2.05, 4.69) is 4.98 Å². The number of hydrogen-bond donors (Lipinski definition) is 3. The van der Waals surface area contributed by atoms with Crippen molar-refractivity contribution in [2.24, 2.45) is 0 Å². The Labute approximate surface area is 217 Å². The van der Waals surface area contributed by atoms with Crippen molar-refractivity contribution in [2.75, 3.05) is 5.32 Å². The standard InChI is InChI=1S/C19H17F2N3O4S.K.H/c1-2-24-9-14(17(26)27)15(10-24)23-18(28)19(20,21)7-13-8-22-16(29-13)11-3-5-12(25)6-4-11;;/h3-6,8-10,25H,2,7H2,1H3,(H,23,28)(H,26,27);;. The van der Waals surface area contributed by atoms with E-state index in [1.807, 2.05) is 5.32 Å². The van der Waals surface area contributed by atoms with Crippen molar-refractivity contribution in [2.45, 2.75) is 25.8 Å². The molecule has 0 bridgehead atoms. The number of nitrogens with one attached hydrogen (secondary N) is 1. The summed E-state index contributed by atoms with van der Waals surface area (Å²) in [6.45, 7) is 2.18. The van der Waals surface area contributed by atoms with Gasteiger partial charge >= 0.3 is 63.3 Å². The molecule has 1 aromatic carbocycles. The van der Waals surface area contributed by atoms with Crippen LogP contribution in [-0.4, -0.2) is 88.9 Å². The number of aromatic nitrogens is 2. The normalized spacial score (nSPS) is 11.0. The van der Waals surface area contributed by atoms with E-state index >= 15 is 0 Å². The van der Waals surface area contributed by atoms with Gasteiger partial charge in [-0.05, 0) is 31.2 Å². The van der Waals surface area contributed by atoms with E-state index in [0.717, 1.165) is 11.3 Å². The zero-order valence-corrected chi connectivity index (χ0v) is 16.0. The first-order valence-electron chi connectivity index (χ1n) is 8.56. The number of phenols is 1. The van der Waals surface area contributed by atoms with Crippen LogP contribution in [0.5, 0.6) is 5.75 Å². The molecular weight excluding hydrogens is 443 g/mol. The van der Waals surface area contributed by atoms with Crippen LogP contribution in [0.4, 0.5) is 14.5 Å². The first-order chi connectivity index (χ1) is 13.7. The second-order valence-corrected chi connectivity index (χ2v) is 7.35. The summed E-state index contributed by atoms with van der Waals surface area (Å²) in [5, 5.41) is 21.0. The maximum absolute atomic E-state index is 14.5. The first-order valence-corrected chi connectivity index (χ1v) is 9.37. The molecule has 0 fully saturated rings. The fourth-order valence-corrected chi connectivity index (χ4v) is 3.57. The van der Waals surface area contributed by atoms with Gasteiger partial charge in [-0.25, -0.2) is 9.78 Å². The summed E-state index contributed by atoms with van der Waals surface area (Å²) < 4.78 is 30.4. The van der Waals surface area contributed by atoms with Gasteiger partial charge in [0.25, 0.3) is 5.91 Å². The Morgan fingerprint density at radius 1 is 1.23 bits per heavy atom. The minimum atomic E-state index is -3.76. The van der Waals surface area contributed by atoms with Crippen LogP contribution in [0.1, 0.15) is 22.2 Å². The SMILES string of the molecule is CCn1cc(NC(=O)C(F)(F)Cc2cnc(-c3ccc(O)cc3)s2)c(C(=O)O)c1.[KH]. The maximum atomic E-state index is 14.5. The van der Waals surface area contributed by atoms with E-state index < -0.39 is 24.2 Å². The van der Waals surface area contributed by atoms with Crippen LogP contribution in [0.3, 0.4) is 0 Å². The molecule has 0 atom stereocenters. The topological polar surface area (TPSA) is 104 Å². The number of nitrogens with zero attached hydrogens (tertiary/aromatic N) is 2. The number of hydrogen-bond acceptors (Lipinski definition) is 5. The van der Waals surface area contributed by atoms with Crippen LogP contribution in [0.2, 0.25) is 0 Å². The molecule has 0 aliphatic carbocycles. The van der Waals surface area contributed by atoms with Crippen molar-refractivity contribution in [1.82, 2.24) is 9.55 Å². The third-order valence-electron chi connectivity index (χ3n) is 4.12. The van der Waals surface area contributed by atoms with Gasteiger partial charge in [-0.2, -0.15) is 8.78 Å². The quantitative estimate of drug-likeness (QED) is 0.469. The number of halogens is 2. The Balaban J connectivity index is 0.00000320. The van der Waals surface area contributed by atoms with E-state index in [9.17, 15) is 28.6 Å². The van der Waals surface area contributed by atoms with Crippen LogP contribution in [0, 0.1) is 0 Å². The van der Waals surface area contributed by atoms with Gasteiger partial charge in [-0.1, -0.05) is 0 Å². The van der Waals surface area contributed by atoms with E-state index in [0.29, 0.717) is 17.1 Å². The van der Waals surface area contributed by atoms with Crippen molar-refractivity contribution in [3.63, 3.8) is 0 Å². The predicted molar refractivity (Wildman–Crippen MR) is 111 cm³/mol. The molecule has 30 heavy (non-hydrogen) atoms. The van der Waals surface area contributed by atoms with E-state index in [1.165, 1.54) is 35.3 Å². The van der Waals surface area contributed by atoms with E-state index in [-0.39, 0.29) is 73.3 Å². The van der Waals surface area contributed by atoms with Gasteiger partial charge in [0.1, 0.15) is 16.3 Å². The fourth-order valence-electron chi connectivity index (χ4n) is 2.60.